The molecule has 1 fully saturated rings. The largest absolute Gasteiger partial charge is 0.394 e. The third-order valence-corrected chi connectivity index (χ3v) is 3.63. The van der Waals surface area contributed by atoms with Crippen LogP contribution in [0.3, 0.4) is 0 Å². The van der Waals surface area contributed by atoms with Gasteiger partial charge in [-0.1, -0.05) is 0 Å². The Morgan fingerprint density at radius 2 is 2.18 bits per heavy atom. The highest BCUT2D eigenvalue weighted by molar-refractivity contribution is 5.04. The maximum Gasteiger partial charge on any atom is 0.333 e. The standard InChI is InChI=1S/C13H19FN2O6/c1-7-4-15(11-2-9(19)10(6-17)22-11)13(21)16(12(7)20)5-8(18)3-14/h4,8-11,17-19H,2-3,5-6H2,1H3/t8?,9?,10-,11-/m1/s1. The summed E-state index contributed by atoms with van der Waals surface area (Å²) in [5, 5.41) is 28.1. The van der Waals surface area contributed by atoms with Crippen LogP contribution >= 0.6 is 0 Å². The van der Waals surface area contributed by atoms with E-state index in [4.69, 9.17) is 9.84 Å². The smallest absolute Gasteiger partial charge is 0.333 e. The van der Waals surface area contributed by atoms with Crippen LogP contribution < -0.4 is 11.2 Å². The first kappa shape index (κ1) is 16.8. The molecule has 0 bridgehead atoms. The lowest BCUT2D eigenvalue weighted by molar-refractivity contribution is -0.0465. The number of aromatic nitrogens is 2. The summed E-state index contributed by atoms with van der Waals surface area (Å²) in [6, 6.07) is 0. The zero-order chi connectivity index (χ0) is 16.4. The van der Waals surface area contributed by atoms with Crippen LogP contribution in [-0.2, 0) is 11.3 Å². The Morgan fingerprint density at radius 1 is 1.50 bits per heavy atom. The van der Waals surface area contributed by atoms with E-state index < -0.39 is 55.6 Å². The van der Waals surface area contributed by atoms with E-state index in [-0.39, 0.29) is 12.0 Å². The second-order valence-corrected chi connectivity index (χ2v) is 5.34. The molecule has 0 aromatic carbocycles. The molecule has 2 heterocycles. The van der Waals surface area contributed by atoms with E-state index in [1.807, 2.05) is 0 Å². The first-order valence-electron chi connectivity index (χ1n) is 6.90. The normalized spacial score (nSPS) is 26.3. The molecule has 3 N–H and O–H groups in total. The summed E-state index contributed by atoms with van der Waals surface area (Å²) in [6.45, 7) is -0.462. The Balaban J connectivity index is 2.42. The lowest BCUT2D eigenvalue weighted by atomic mass is 10.2. The number of hydrogen-bond donors (Lipinski definition) is 3. The molecular formula is C13H19FN2O6. The number of rotatable bonds is 5. The van der Waals surface area contributed by atoms with Gasteiger partial charge in [-0.2, -0.15) is 0 Å². The van der Waals surface area contributed by atoms with Crippen molar-refractivity contribution < 1.29 is 24.4 Å². The predicted molar refractivity (Wildman–Crippen MR) is 73.3 cm³/mol. The van der Waals surface area contributed by atoms with Crippen molar-refractivity contribution in [3.8, 4) is 0 Å². The molecule has 0 saturated carbocycles. The number of ether oxygens (including phenoxy) is 1. The van der Waals surface area contributed by atoms with E-state index in [2.05, 4.69) is 0 Å². The van der Waals surface area contributed by atoms with Crippen molar-refractivity contribution in [2.75, 3.05) is 13.3 Å². The molecule has 0 aliphatic carbocycles. The Bertz CT molecular complexity index is 642. The quantitative estimate of drug-likeness (QED) is 0.596. The van der Waals surface area contributed by atoms with Crippen molar-refractivity contribution in [3.63, 3.8) is 0 Å². The van der Waals surface area contributed by atoms with E-state index in [0.717, 1.165) is 9.13 Å². The van der Waals surface area contributed by atoms with Gasteiger partial charge < -0.3 is 20.1 Å². The number of halogens is 1. The average Bonchev–Trinajstić information content (AvgIpc) is 2.87. The minimum absolute atomic E-state index is 0.0778. The second-order valence-electron chi connectivity index (χ2n) is 5.34. The van der Waals surface area contributed by atoms with E-state index in [0.29, 0.717) is 0 Å². The number of aliphatic hydroxyl groups is 3. The molecule has 1 aromatic rings. The van der Waals surface area contributed by atoms with Gasteiger partial charge in [0.1, 0.15) is 25.1 Å². The highest BCUT2D eigenvalue weighted by Crippen LogP contribution is 2.27. The SMILES string of the molecule is Cc1cn([C@H]2CC(O)[C@@H](CO)O2)c(=O)n(CC(O)CF)c1=O. The zero-order valence-corrected chi connectivity index (χ0v) is 12.1. The van der Waals surface area contributed by atoms with Gasteiger partial charge in [0.05, 0.1) is 19.3 Å². The molecule has 8 nitrogen and oxygen atoms in total. The minimum atomic E-state index is -1.46. The third-order valence-electron chi connectivity index (χ3n) is 3.63. The summed E-state index contributed by atoms with van der Waals surface area (Å²) in [6.07, 6.45) is -2.67. The maximum absolute atomic E-state index is 12.4. The molecule has 1 aliphatic heterocycles. The minimum Gasteiger partial charge on any atom is -0.394 e. The van der Waals surface area contributed by atoms with Crippen LogP contribution in [0.4, 0.5) is 4.39 Å². The Morgan fingerprint density at radius 3 is 2.73 bits per heavy atom. The molecule has 4 atom stereocenters. The molecule has 22 heavy (non-hydrogen) atoms. The molecule has 9 heteroatoms. The van der Waals surface area contributed by atoms with Gasteiger partial charge in [-0.3, -0.25) is 13.9 Å². The fourth-order valence-corrected chi connectivity index (χ4v) is 2.44. The summed E-state index contributed by atoms with van der Waals surface area (Å²) >= 11 is 0. The summed E-state index contributed by atoms with van der Waals surface area (Å²) in [7, 11) is 0. The van der Waals surface area contributed by atoms with Gasteiger partial charge in [-0.05, 0) is 6.92 Å². The number of hydrogen-bond acceptors (Lipinski definition) is 6. The van der Waals surface area contributed by atoms with Crippen molar-refractivity contribution >= 4 is 0 Å². The molecule has 1 aromatic heterocycles. The van der Waals surface area contributed by atoms with Crippen molar-refractivity contribution in [3.05, 3.63) is 32.6 Å². The number of aliphatic hydroxyl groups excluding tert-OH is 3. The molecule has 124 valence electrons. The molecule has 2 unspecified atom stereocenters. The van der Waals surface area contributed by atoms with Gasteiger partial charge in [-0.15, -0.1) is 0 Å². The van der Waals surface area contributed by atoms with Gasteiger partial charge in [0.25, 0.3) is 5.56 Å². The molecule has 0 spiro atoms. The third kappa shape index (κ3) is 3.12. The predicted octanol–water partition coefficient (Wildman–Crippen LogP) is -1.71. The highest BCUT2D eigenvalue weighted by Gasteiger charge is 2.35. The van der Waals surface area contributed by atoms with Crippen LogP contribution in [-0.4, -0.2) is 56.0 Å². The van der Waals surface area contributed by atoms with E-state index in [1.54, 1.807) is 0 Å². The van der Waals surface area contributed by atoms with Gasteiger partial charge in [-0.25, -0.2) is 9.18 Å². The number of nitrogens with zero attached hydrogens (tertiary/aromatic N) is 2. The van der Waals surface area contributed by atoms with Crippen LogP contribution in [0, 0.1) is 6.92 Å². The van der Waals surface area contributed by atoms with Crippen LogP contribution in [0.5, 0.6) is 0 Å². The van der Waals surface area contributed by atoms with Crippen LogP contribution in [0.1, 0.15) is 18.2 Å². The van der Waals surface area contributed by atoms with E-state index in [1.165, 1.54) is 13.1 Å². The van der Waals surface area contributed by atoms with E-state index in [9.17, 15) is 24.2 Å². The summed E-state index contributed by atoms with van der Waals surface area (Å²) in [5.41, 5.74) is -1.17. The maximum atomic E-state index is 12.4. The van der Waals surface area contributed by atoms with Gasteiger partial charge >= 0.3 is 5.69 Å². The van der Waals surface area contributed by atoms with Crippen LogP contribution in [0.2, 0.25) is 0 Å². The zero-order valence-electron chi connectivity index (χ0n) is 12.1. The van der Waals surface area contributed by atoms with Crippen molar-refractivity contribution in [1.29, 1.82) is 0 Å². The summed E-state index contributed by atoms with van der Waals surface area (Å²) in [4.78, 5) is 24.3. The Labute approximate surface area is 125 Å². The molecule has 1 aliphatic rings. The number of alkyl halides is 1. The topological polar surface area (TPSA) is 114 Å². The first-order chi connectivity index (χ1) is 10.4. The Kier molecular flexibility index (Phi) is 5.12. The van der Waals surface area contributed by atoms with Crippen molar-refractivity contribution in [1.82, 2.24) is 9.13 Å². The summed E-state index contributed by atoms with van der Waals surface area (Å²) in [5.74, 6) is 0. The van der Waals surface area contributed by atoms with Crippen molar-refractivity contribution in [2.45, 2.75) is 44.4 Å². The van der Waals surface area contributed by atoms with E-state index >= 15 is 0 Å². The molecule has 0 radical (unpaired) electrons. The Hall–Kier alpha value is -1.55. The second kappa shape index (κ2) is 6.69. The van der Waals surface area contributed by atoms with Gasteiger partial charge in [0.15, 0.2) is 0 Å². The monoisotopic (exact) mass is 318 g/mol. The highest BCUT2D eigenvalue weighted by atomic mass is 19.1. The fourth-order valence-electron chi connectivity index (χ4n) is 2.44. The lowest BCUT2D eigenvalue weighted by Crippen LogP contribution is -2.44. The van der Waals surface area contributed by atoms with Gasteiger partial charge in [0.2, 0.25) is 0 Å². The average molecular weight is 318 g/mol. The fraction of sp³-hybridized carbons (Fsp3) is 0.692. The lowest BCUT2D eigenvalue weighted by Gasteiger charge is -2.18. The molecule has 2 rings (SSSR count). The van der Waals surface area contributed by atoms with Crippen LogP contribution in [0.25, 0.3) is 0 Å². The number of aryl methyl sites for hydroxylation is 1. The first-order valence-corrected chi connectivity index (χ1v) is 6.90. The molecule has 0 amide bonds. The molecule has 1 saturated heterocycles. The van der Waals surface area contributed by atoms with Gasteiger partial charge in [0, 0.05) is 18.2 Å². The van der Waals surface area contributed by atoms with Crippen molar-refractivity contribution in [2.24, 2.45) is 0 Å². The van der Waals surface area contributed by atoms with Crippen LogP contribution in [0.15, 0.2) is 15.8 Å². The molecular weight excluding hydrogens is 299 g/mol. The summed E-state index contributed by atoms with van der Waals surface area (Å²) < 4.78 is 19.7.